The summed E-state index contributed by atoms with van der Waals surface area (Å²) in [6.45, 7) is 8.08. The first-order chi connectivity index (χ1) is 7.83. The number of nitrogens with two attached hydrogens (primary N) is 1. The van der Waals surface area contributed by atoms with Crippen LogP contribution in [0.15, 0.2) is 24.5 Å². The van der Waals surface area contributed by atoms with Crippen LogP contribution in [0.2, 0.25) is 0 Å². The molecule has 5 heteroatoms. The monoisotopic (exact) mass is 234 g/mol. The highest BCUT2D eigenvalue weighted by Crippen LogP contribution is 2.39. The molecule has 1 aromatic rings. The van der Waals surface area contributed by atoms with Gasteiger partial charge in [-0.05, 0) is 45.4 Å². The SMILES string of the molecule is CC1(C)OB([C@@H](N)c2ccncc2)OC1(C)C. The van der Waals surface area contributed by atoms with E-state index in [-0.39, 0.29) is 17.1 Å². The Kier molecular flexibility index (Phi) is 3.02. The molecule has 1 aliphatic heterocycles. The van der Waals surface area contributed by atoms with Gasteiger partial charge in [-0.25, -0.2) is 0 Å². The Hall–Kier alpha value is -0.905. The number of hydrogen-bond donors (Lipinski definition) is 1. The Balaban J connectivity index is 2.17. The average molecular weight is 234 g/mol. The van der Waals surface area contributed by atoms with Crippen LogP contribution in [0, 0.1) is 0 Å². The predicted molar refractivity (Wildman–Crippen MR) is 67.2 cm³/mol. The minimum atomic E-state index is -0.414. The van der Waals surface area contributed by atoms with Crippen molar-refractivity contribution >= 4 is 7.12 Å². The smallest absolute Gasteiger partial charge is 0.402 e. The van der Waals surface area contributed by atoms with E-state index in [1.807, 2.05) is 39.8 Å². The number of rotatable bonds is 2. The van der Waals surface area contributed by atoms with Gasteiger partial charge in [-0.1, -0.05) is 0 Å². The van der Waals surface area contributed by atoms with Crippen LogP contribution in [-0.4, -0.2) is 23.3 Å². The van der Waals surface area contributed by atoms with E-state index in [9.17, 15) is 0 Å². The Morgan fingerprint density at radius 2 is 1.59 bits per heavy atom. The molecule has 0 radical (unpaired) electrons. The molecule has 0 saturated carbocycles. The third-order valence-corrected chi connectivity index (χ3v) is 3.66. The van der Waals surface area contributed by atoms with Gasteiger partial charge in [0.2, 0.25) is 0 Å². The molecule has 4 nitrogen and oxygen atoms in total. The molecule has 2 heterocycles. The molecule has 1 aliphatic rings. The quantitative estimate of drug-likeness (QED) is 0.791. The average Bonchev–Trinajstić information content (AvgIpc) is 2.48. The van der Waals surface area contributed by atoms with E-state index in [0.717, 1.165) is 5.56 Å². The van der Waals surface area contributed by atoms with Gasteiger partial charge in [0.05, 0.1) is 17.1 Å². The van der Waals surface area contributed by atoms with Gasteiger partial charge in [-0.2, -0.15) is 0 Å². The Morgan fingerprint density at radius 3 is 2.06 bits per heavy atom. The molecule has 1 fully saturated rings. The second kappa shape index (κ2) is 4.08. The van der Waals surface area contributed by atoms with Crippen LogP contribution in [0.4, 0.5) is 0 Å². The first kappa shape index (κ1) is 12.5. The lowest BCUT2D eigenvalue weighted by atomic mass is 9.75. The van der Waals surface area contributed by atoms with E-state index in [0.29, 0.717) is 0 Å². The molecule has 0 bridgehead atoms. The molecule has 0 aromatic carbocycles. The fraction of sp³-hybridized carbons (Fsp3) is 0.583. The summed E-state index contributed by atoms with van der Waals surface area (Å²) in [5.41, 5.74) is 6.45. The van der Waals surface area contributed by atoms with E-state index < -0.39 is 7.12 Å². The zero-order valence-electron chi connectivity index (χ0n) is 10.8. The van der Waals surface area contributed by atoms with Crippen molar-refractivity contribution < 1.29 is 9.31 Å². The van der Waals surface area contributed by atoms with Gasteiger partial charge in [0.25, 0.3) is 0 Å². The third kappa shape index (κ3) is 2.23. The summed E-state index contributed by atoms with van der Waals surface area (Å²) >= 11 is 0. The summed E-state index contributed by atoms with van der Waals surface area (Å²) in [5.74, 6) is -0.293. The van der Waals surface area contributed by atoms with E-state index in [1.54, 1.807) is 12.4 Å². The van der Waals surface area contributed by atoms with Gasteiger partial charge in [0, 0.05) is 12.4 Å². The van der Waals surface area contributed by atoms with Crippen LogP contribution in [0.3, 0.4) is 0 Å². The van der Waals surface area contributed by atoms with Crippen molar-refractivity contribution in [2.45, 2.75) is 44.8 Å². The van der Waals surface area contributed by atoms with Gasteiger partial charge in [-0.3, -0.25) is 4.98 Å². The van der Waals surface area contributed by atoms with Crippen molar-refractivity contribution in [3.63, 3.8) is 0 Å². The maximum atomic E-state index is 6.16. The van der Waals surface area contributed by atoms with Crippen molar-refractivity contribution in [1.82, 2.24) is 4.98 Å². The summed E-state index contributed by atoms with van der Waals surface area (Å²) in [5, 5.41) is 0. The van der Waals surface area contributed by atoms with Crippen LogP contribution in [0.5, 0.6) is 0 Å². The Morgan fingerprint density at radius 1 is 1.12 bits per heavy atom. The third-order valence-electron chi connectivity index (χ3n) is 3.66. The molecule has 1 saturated heterocycles. The van der Waals surface area contributed by atoms with Gasteiger partial charge in [0.15, 0.2) is 0 Å². The lowest BCUT2D eigenvalue weighted by molar-refractivity contribution is 0.00578. The molecule has 0 amide bonds. The van der Waals surface area contributed by atoms with Crippen molar-refractivity contribution in [2.24, 2.45) is 5.73 Å². The largest absolute Gasteiger partial charge is 0.480 e. The zero-order chi connectivity index (χ0) is 12.7. The molecular weight excluding hydrogens is 215 g/mol. The summed E-state index contributed by atoms with van der Waals surface area (Å²) in [7, 11) is -0.414. The standard InChI is InChI=1S/C12H19BN2O2/c1-11(2)12(3,4)17-13(16-11)10(14)9-5-7-15-8-6-9/h5-8,10H,14H2,1-4H3/t10-/m0/s1. The molecule has 2 rings (SSSR count). The molecular formula is C12H19BN2O2. The minimum absolute atomic E-state index is 0.293. The van der Waals surface area contributed by atoms with Crippen molar-refractivity contribution in [2.75, 3.05) is 0 Å². The summed E-state index contributed by atoms with van der Waals surface area (Å²) in [6, 6.07) is 3.77. The summed E-state index contributed by atoms with van der Waals surface area (Å²) < 4.78 is 11.8. The molecule has 1 atom stereocenters. The minimum Gasteiger partial charge on any atom is -0.402 e. The van der Waals surface area contributed by atoms with Crippen LogP contribution in [-0.2, 0) is 9.31 Å². The normalized spacial score (nSPS) is 23.7. The van der Waals surface area contributed by atoms with Crippen molar-refractivity contribution in [3.05, 3.63) is 30.1 Å². The second-order valence-corrected chi connectivity index (χ2v) is 5.43. The number of nitrogens with zero attached hydrogens (tertiary/aromatic N) is 1. The first-order valence-electron chi connectivity index (χ1n) is 5.85. The molecule has 0 aliphatic carbocycles. The first-order valence-corrected chi connectivity index (χ1v) is 5.85. The van der Waals surface area contributed by atoms with Gasteiger partial charge in [0.1, 0.15) is 0 Å². The predicted octanol–water partition coefficient (Wildman–Crippen LogP) is 1.71. The highest BCUT2D eigenvalue weighted by molar-refractivity contribution is 6.47. The zero-order valence-corrected chi connectivity index (χ0v) is 10.8. The fourth-order valence-corrected chi connectivity index (χ4v) is 1.78. The van der Waals surface area contributed by atoms with Gasteiger partial charge >= 0.3 is 7.12 Å². The number of aromatic nitrogens is 1. The van der Waals surface area contributed by atoms with Crippen molar-refractivity contribution in [1.29, 1.82) is 0 Å². The van der Waals surface area contributed by atoms with Crippen LogP contribution >= 0.6 is 0 Å². The molecule has 0 unspecified atom stereocenters. The maximum Gasteiger partial charge on any atom is 0.480 e. The Labute approximate surface area is 103 Å². The molecule has 2 N–H and O–H groups in total. The van der Waals surface area contributed by atoms with E-state index >= 15 is 0 Å². The van der Waals surface area contributed by atoms with E-state index in [1.165, 1.54) is 0 Å². The van der Waals surface area contributed by atoms with Crippen LogP contribution in [0.25, 0.3) is 0 Å². The van der Waals surface area contributed by atoms with Crippen molar-refractivity contribution in [3.8, 4) is 0 Å². The van der Waals surface area contributed by atoms with E-state index in [4.69, 9.17) is 15.0 Å². The lowest BCUT2D eigenvalue weighted by Crippen LogP contribution is -2.41. The molecule has 0 spiro atoms. The maximum absolute atomic E-state index is 6.16. The highest BCUT2D eigenvalue weighted by atomic mass is 16.7. The van der Waals surface area contributed by atoms with Crippen LogP contribution < -0.4 is 5.73 Å². The fourth-order valence-electron chi connectivity index (χ4n) is 1.78. The summed E-state index contributed by atoms with van der Waals surface area (Å²) in [6.07, 6.45) is 3.45. The molecule has 1 aromatic heterocycles. The van der Waals surface area contributed by atoms with Gasteiger partial charge in [-0.15, -0.1) is 0 Å². The molecule has 92 valence electrons. The topological polar surface area (TPSA) is 57.4 Å². The Bertz CT molecular complexity index is 379. The summed E-state index contributed by atoms with van der Waals surface area (Å²) in [4.78, 5) is 3.97. The number of hydrogen-bond acceptors (Lipinski definition) is 4. The second-order valence-electron chi connectivity index (χ2n) is 5.43. The molecule has 17 heavy (non-hydrogen) atoms. The van der Waals surface area contributed by atoms with Crippen LogP contribution in [0.1, 0.15) is 39.2 Å². The highest BCUT2D eigenvalue weighted by Gasteiger charge is 2.53. The van der Waals surface area contributed by atoms with E-state index in [2.05, 4.69) is 4.98 Å². The van der Waals surface area contributed by atoms with Gasteiger partial charge < -0.3 is 15.0 Å². The number of pyridine rings is 1. The lowest BCUT2D eigenvalue weighted by Gasteiger charge is -2.32.